The third kappa shape index (κ3) is 5.53. The topological polar surface area (TPSA) is 102 Å². The molecule has 1 atom stereocenters. The summed E-state index contributed by atoms with van der Waals surface area (Å²) < 4.78 is 30.9. The molecule has 0 unspecified atom stereocenters. The summed E-state index contributed by atoms with van der Waals surface area (Å²) in [6.07, 6.45) is 0. The number of carbonyl (C=O) groups excluding carboxylic acids is 2. The number of amides is 1. The number of nitrogens with one attached hydrogen (secondary N) is 2. The number of rotatable bonds is 7. The third-order valence-electron chi connectivity index (χ3n) is 3.74. The SMILES string of the molecule is CNS(=O)(=O)c1cc(C(=O)OCC(=O)N[C@@H](C)c2ccccc2)ccc1Cl. The van der Waals surface area contributed by atoms with Crippen LogP contribution in [-0.2, 0) is 19.6 Å². The summed E-state index contributed by atoms with van der Waals surface area (Å²) >= 11 is 5.87. The molecule has 2 aromatic rings. The number of halogens is 1. The minimum Gasteiger partial charge on any atom is -0.452 e. The average molecular weight is 411 g/mol. The molecule has 0 spiro atoms. The van der Waals surface area contributed by atoms with Gasteiger partial charge in [-0.1, -0.05) is 41.9 Å². The molecule has 0 aromatic heterocycles. The van der Waals surface area contributed by atoms with Gasteiger partial charge in [-0.05, 0) is 37.7 Å². The van der Waals surface area contributed by atoms with E-state index < -0.39 is 28.5 Å². The van der Waals surface area contributed by atoms with Gasteiger partial charge in [-0.2, -0.15) is 0 Å². The van der Waals surface area contributed by atoms with Crippen LogP contribution < -0.4 is 10.0 Å². The molecule has 2 N–H and O–H groups in total. The van der Waals surface area contributed by atoms with Crippen molar-refractivity contribution in [1.82, 2.24) is 10.0 Å². The Bertz CT molecular complexity index is 932. The van der Waals surface area contributed by atoms with Crippen LogP contribution in [0.2, 0.25) is 5.02 Å². The van der Waals surface area contributed by atoms with Crippen LogP contribution in [0.25, 0.3) is 0 Å². The molecule has 9 heteroatoms. The van der Waals surface area contributed by atoms with E-state index in [-0.39, 0.29) is 21.5 Å². The van der Waals surface area contributed by atoms with Gasteiger partial charge in [-0.15, -0.1) is 0 Å². The molecular formula is C18H19ClN2O5S. The van der Waals surface area contributed by atoms with Gasteiger partial charge in [0.2, 0.25) is 10.0 Å². The minimum absolute atomic E-state index is 0.0304. The van der Waals surface area contributed by atoms with Gasteiger partial charge in [0.1, 0.15) is 4.90 Å². The molecule has 0 saturated heterocycles. The van der Waals surface area contributed by atoms with Gasteiger partial charge >= 0.3 is 5.97 Å². The molecule has 0 aliphatic heterocycles. The molecule has 27 heavy (non-hydrogen) atoms. The monoisotopic (exact) mass is 410 g/mol. The summed E-state index contributed by atoms with van der Waals surface area (Å²) in [6, 6.07) is 12.8. The lowest BCUT2D eigenvalue weighted by atomic mass is 10.1. The molecule has 144 valence electrons. The van der Waals surface area contributed by atoms with Crippen LogP contribution in [0.3, 0.4) is 0 Å². The third-order valence-corrected chi connectivity index (χ3v) is 5.63. The van der Waals surface area contributed by atoms with E-state index in [1.165, 1.54) is 19.2 Å². The smallest absolute Gasteiger partial charge is 0.338 e. The zero-order valence-electron chi connectivity index (χ0n) is 14.7. The molecule has 2 rings (SSSR count). The van der Waals surface area contributed by atoms with Gasteiger partial charge in [0.25, 0.3) is 5.91 Å². The fourth-order valence-electron chi connectivity index (χ4n) is 2.27. The maximum absolute atomic E-state index is 12.1. The Balaban J connectivity index is 1.99. The summed E-state index contributed by atoms with van der Waals surface area (Å²) in [5.41, 5.74) is 0.883. The highest BCUT2D eigenvalue weighted by Gasteiger charge is 2.20. The van der Waals surface area contributed by atoms with Gasteiger partial charge in [0.05, 0.1) is 16.6 Å². The van der Waals surface area contributed by atoms with Crippen LogP contribution >= 0.6 is 11.6 Å². The van der Waals surface area contributed by atoms with Crippen molar-refractivity contribution >= 4 is 33.5 Å². The molecule has 0 radical (unpaired) electrons. The van der Waals surface area contributed by atoms with Gasteiger partial charge in [0, 0.05) is 0 Å². The van der Waals surface area contributed by atoms with E-state index >= 15 is 0 Å². The maximum Gasteiger partial charge on any atom is 0.338 e. The second-order valence-electron chi connectivity index (χ2n) is 5.63. The van der Waals surface area contributed by atoms with Crippen LogP contribution in [0.1, 0.15) is 28.9 Å². The van der Waals surface area contributed by atoms with E-state index in [1.807, 2.05) is 37.3 Å². The number of benzene rings is 2. The van der Waals surface area contributed by atoms with Gasteiger partial charge < -0.3 is 10.1 Å². The second-order valence-corrected chi connectivity index (χ2v) is 7.89. The van der Waals surface area contributed by atoms with Crippen LogP contribution in [0.4, 0.5) is 0 Å². The first-order valence-corrected chi connectivity index (χ1v) is 9.85. The zero-order chi connectivity index (χ0) is 20.0. The highest BCUT2D eigenvalue weighted by molar-refractivity contribution is 7.89. The number of esters is 1. The van der Waals surface area contributed by atoms with E-state index in [0.717, 1.165) is 11.6 Å². The van der Waals surface area contributed by atoms with E-state index in [9.17, 15) is 18.0 Å². The highest BCUT2D eigenvalue weighted by Crippen LogP contribution is 2.22. The van der Waals surface area contributed by atoms with Crippen molar-refractivity contribution in [3.05, 3.63) is 64.7 Å². The number of hydrogen-bond donors (Lipinski definition) is 2. The van der Waals surface area contributed by atoms with Gasteiger partial charge in [-0.25, -0.2) is 17.9 Å². The van der Waals surface area contributed by atoms with Crippen LogP contribution in [0.15, 0.2) is 53.4 Å². The molecule has 1 amide bonds. The first-order chi connectivity index (χ1) is 12.7. The molecule has 0 aliphatic carbocycles. The Kier molecular flexibility index (Phi) is 6.95. The first-order valence-electron chi connectivity index (χ1n) is 7.99. The van der Waals surface area contributed by atoms with Crippen molar-refractivity contribution in [3.8, 4) is 0 Å². The molecule has 0 aliphatic rings. The van der Waals surface area contributed by atoms with Gasteiger partial charge in [-0.3, -0.25) is 4.79 Å². The van der Waals surface area contributed by atoms with E-state index in [2.05, 4.69) is 10.0 Å². The van der Waals surface area contributed by atoms with E-state index in [0.29, 0.717) is 0 Å². The fourth-order valence-corrected chi connectivity index (χ4v) is 3.52. The predicted octanol–water partition coefficient (Wildman–Crippen LogP) is 2.28. The quantitative estimate of drug-likeness (QED) is 0.682. The fraction of sp³-hybridized carbons (Fsp3) is 0.222. The molecule has 0 saturated carbocycles. The van der Waals surface area contributed by atoms with Crippen LogP contribution in [-0.4, -0.2) is 33.9 Å². The lowest BCUT2D eigenvalue weighted by Gasteiger charge is -2.14. The molecule has 0 bridgehead atoms. The first kappa shape index (κ1) is 20.9. The average Bonchev–Trinajstić information content (AvgIpc) is 2.67. The van der Waals surface area contributed by atoms with Crippen LogP contribution in [0.5, 0.6) is 0 Å². The summed E-state index contributed by atoms with van der Waals surface area (Å²) in [7, 11) is -2.60. The van der Waals surface area contributed by atoms with Crippen molar-refractivity contribution in [2.24, 2.45) is 0 Å². The summed E-state index contributed by atoms with van der Waals surface area (Å²) in [5, 5.41) is 2.68. The van der Waals surface area contributed by atoms with E-state index in [4.69, 9.17) is 16.3 Å². The Labute approximate surface area is 162 Å². The number of carbonyl (C=O) groups is 2. The van der Waals surface area contributed by atoms with Crippen molar-refractivity contribution in [2.45, 2.75) is 17.9 Å². The Morgan fingerprint density at radius 1 is 1.15 bits per heavy atom. The molecule has 0 heterocycles. The predicted molar refractivity (Wildman–Crippen MR) is 101 cm³/mol. The van der Waals surface area contributed by atoms with Crippen molar-refractivity contribution in [1.29, 1.82) is 0 Å². The Morgan fingerprint density at radius 3 is 2.44 bits per heavy atom. The summed E-state index contributed by atoms with van der Waals surface area (Å²) in [4.78, 5) is 23.9. The number of hydrogen-bond acceptors (Lipinski definition) is 5. The number of ether oxygens (including phenoxy) is 1. The molecular weight excluding hydrogens is 392 g/mol. The highest BCUT2D eigenvalue weighted by atomic mass is 35.5. The minimum atomic E-state index is -3.83. The molecule has 0 fully saturated rings. The lowest BCUT2D eigenvalue weighted by Crippen LogP contribution is -2.31. The van der Waals surface area contributed by atoms with Crippen molar-refractivity contribution in [2.75, 3.05) is 13.7 Å². The largest absolute Gasteiger partial charge is 0.452 e. The normalized spacial score (nSPS) is 12.3. The Morgan fingerprint density at radius 2 is 1.81 bits per heavy atom. The molecule has 7 nitrogen and oxygen atoms in total. The summed E-state index contributed by atoms with van der Waals surface area (Å²) in [5.74, 6) is -1.31. The Hall–Kier alpha value is -2.42. The van der Waals surface area contributed by atoms with Crippen molar-refractivity contribution in [3.63, 3.8) is 0 Å². The number of sulfonamides is 1. The van der Waals surface area contributed by atoms with Crippen LogP contribution in [0, 0.1) is 0 Å². The van der Waals surface area contributed by atoms with Gasteiger partial charge in [0.15, 0.2) is 6.61 Å². The van der Waals surface area contributed by atoms with Crippen molar-refractivity contribution < 1.29 is 22.7 Å². The standard InChI is InChI=1S/C18H19ClN2O5S/c1-12(13-6-4-3-5-7-13)21-17(22)11-26-18(23)14-8-9-15(19)16(10-14)27(24,25)20-2/h3-10,12,20H,11H2,1-2H3,(H,21,22)/t12-/m0/s1. The lowest BCUT2D eigenvalue weighted by molar-refractivity contribution is -0.124. The maximum atomic E-state index is 12.1. The second kappa shape index (κ2) is 8.98. The zero-order valence-corrected chi connectivity index (χ0v) is 16.3. The summed E-state index contributed by atoms with van der Waals surface area (Å²) in [6.45, 7) is 1.32. The molecule has 2 aromatic carbocycles. The van der Waals surface area contributed by atoms with E-state index in [1.54, 1.807) is 0 Å².